The lowest BCUT2D eigenvalue weighted by atomic mass is 10.1. The minimum absolute atomic E-state index is 0.0267. The van der Waals surface area contributed by atoms with Crippen LogP contribution in [-0.2, 0) is 4.79 Å². The van der Waals surface area contributed by atoms with E-state index in [4.69, 9.17) is 5.26 Å². The van der Waals surface area contributed by atoms with Crippen LogP contribution in [-0.4, -0.2) is 36.5 Å². The van der Waals surface area contributed by atoms with Crippen LogP contribution in [0.3, 0.4) is 0 Å². The van der Waals surface area contributed by atoms with Crippen molar-refractivity contribution in [2.45, 2.75) is 45.1 Å². The van der Waals surface area contributed by atoms with Gasteiger partial charge >= 0.3 is 0 Å². The molecule has 1 amide bonds. The maximum Gasteiger partial charge on any atom is 0.239 e. The standard InChI is InChI=1S/C12H21N3O/c1-2-15(10-6-8-13)12(16)11-7-4-3-5-9-14-11/h11,14H,2-7,9-10H2,1H3. The predicted octanol–water partition coefficient (Wildman–Crippen LogP) is 1.28. The average Bonchev–Trinajstić information content (AvgIpc) is 2.58. The minimum atomic E-state index is -0.0267. The highest BCUT2D eigenvalue weighted by molar-refractivity contribution is 5.81. The van der Waals surface area contributed by atoms with Gasteiger partial charge in [-0.2, -0.15) is 5.26 Å². The minimum Gasteiger partial charge on any atom is -0.341 e. The number of rotatable bonds is 4. The van der Waals surface area contributed by atoms with E-state index in [9.17, 15) is 4.79 Å². The van der Waals surface area contributed by atoms with Crippen LogP contribution >= 0.6 is 0 Å². The first-order valence-electron chi connectivity index (χ1n) is 6.18. The molecule has 1 fully saturated rings. The largest absolute Gasteiger partial charge is 0.341 e. The molecule has 4 nitrogen and oxygen atoms in total. The summed E-state index contributed by atoms with van der Waals surface area (Å²) in [6.45, 7) is 4.15. The summed E-state index contributed by atoms with van der Waals surface area (Å²) in [5.41, 5.74) is 0. The molecule has 16 heavy (non-hydrogen) atoms. The quantitative estimate of drug-likeness (QED) is 0.781. The van der Waals surface area contributed by atoms with E-state index in [1.807, 2.05) is 6.92 Å². The van der Waals surface area contributed by atoms with Crippen LogP contribution in [0.5, 0.6) is 0 Å². The van der Waals surface area contributed by atoms with E-state index in [1.54, 1.807) is 4.90 Å². The zero-order chi connectivity index (χ0) is 11.8. The first-order valence-corrected chi connectivity index (χ1v) is 6.18. The van der Waals surface area contributed by atoms with Crippen molar-refractivity contribution in [2.75, 3.05) is 19.6 Å². The summed E-state index contributed by atoms with van der Waals surface area (Å²) in [6, 6.07) is 2.06. The van der Waals surface area contributed by atoms with Gasteiger partial charge in [0.2, 0.25) is 5.91 Å². The molecule has 0 aromatic carbocycles. The number of carbonyl (C=O) groups excluding carboxylic acids is 1. The van der Waals surface area contributed by atoms with Gasteiger partial charge in [-0.3, -0.25) is 4.79 Å². The Kier molecular flexibility index (Phi) is 5.87. The summed E-state index contributed by atoms with van der Waals surface area (Å²) in [5.74, 6) is 0.166. The van der Waals surface area contributed by atoms with Gasteiger partial charge in [-0.05, 0) is 26.3 Å². The average molecular weight is 223 g/mol. The Morgan fingerprint density at radius 1 is 1.50 bits per heavy atom. The molecule has 90 valence electrons. The molecule has 0 aromatic heterocycles. The number of carbonyl (C=O) groups is 1. The molecule has 1 heterocycles. The molecule has 0 bridgehead atoms. The molecule has 1 atom stereocenters. The lowest BCUT2D eigenvalue weighted by Crippen LogP contribution is -2.46. The molecular formula is C12H21N3O. The Morgan fingerprint density at radius 2 is 2.31 bits per heavy atom. The Labute approximate surface area is 97.6 Å². The van der Waals surface area contributed by atoms with Crippen molar-refractivity contribution in [2.24, 2.45) is 0 Å². The van der Waals surface area contributed by atoms with Gasteiger partial charge < -0.3 is 10.2 Å². The van der Waals surface area contributed by atoms with E-state index in [0.717, 1.165) is 25.8 Å². The summed E-state index contributed by atoms with van der Waals surface area (Å²) >= 11 is 0. The van der Waals surface area contributed by atoms with Crippen molar-refractivity contribution in [1.29, 1.82) is 5.26 Å². The summed E-state index contributed by atoms with van der Waals surface area (Å²) in [7, 11) is 0. The fraction of sp³-hybridized carbons (Fsp3) is 0.833. The van der Waals surface area contributed by atoms with E-state index in [-0.39, 0.29) is 11.9 Å². The van der Waals surface area contributed by atoms with Crippen LogP contribution < -0.4 is 5.32 Å². The zero-order valence-corrected chi connectivity index (χ0v) is 10.0. The van der Waals surface area contributed by atoms with Gasteiger partial charge in [0.1, 0.15) is 0 Å². The molecule has 1 saturated heterocycles. The predicted molar refractivity (Wildman–Crippen MR) is 62.7 cm³/mol. The Morgan fingerprint density at radius 3 is 3.00 bits per heavy atom. The van der Waals surface area contributed by atoms with Gasteiger partial charge in [-0.1, -0.05) is 12.8 Å². The third-order valence-corrected chi connectivity index (χ3v) is 3.05. The zero-order valence-electron chi connectivity index (χ0n) is 10.0. The molecular weight excluding hydrogens is 202 g/mol. The molecule has 4 heteroatoms. The molecule has 0 radical (unpaired) electrons. The van der Waals surface area contributed by atoms with E-state index >= 15 is 0 Å². The Balaban J connectivity index is 2.48. The SMILES string of the molecule is CCN(CCC#N)C(=O)C1CCCCCN1. The first-order chi connectivity index (χ1) is 7.79. The second-order valence-corrected chi connectivity index (χ2v) is 4.18. The molecule has 1 rings (SSSR count). The molecule has 1 aliphatic heterocycles. The lowest BCUT2D eigenvalue weighted by molar-refractivity contribution is -0.133. The van der Waals surface area contributed by atoms with Crippen molar-refractivity contribution in [3.8, 4) is 6.07 Å². The van der Waals surface area contributed by atoms with Gasteiger partial charge in [0.15, 0.2) is 0 Å². The second-order valence-electron chi connectivity index (χ2n) is 4.18. The number of nitrogens with zero attached hydrogens (tertiary/aromatic N) is 2. The summed E-state index contributed by atoms with van der Waals surface area (Å²) in [5, 5.41) is 11.8. The maximum atomic E-state index is 12.1. The molecule has 1 aliphatic rings. The maximum absolute atomic E-state index is 12.1. The van der Waals surface area contributed by atoms with Crippen molar-refractivity contribution >= 4 is 5.91 Å². The van der Waals surface area contributed by atoms with Crippen molar-refractivity contribution < 1.29 is 4.79 Å². The smallest absolute Gasteiger partial charge is 0.239 e. The van der Waals surface area contributed by atoms with Gasteiger partial charge in [0.25, 0.3) is 0 Å². The fourth-order valence-electron chi connectivity index (χ4n) is 2.07. The Bertz CT molecular complexity index is 251. The summed E-state index contributed by atoms with van der Waals surface area (Å²) < 4.78 is 0. The normalized spacial score (nSPS) is 20.9. The van der Waals surface area contributed by atoms with Crippen LogP contribution in [0.2, 0.25) is 0 Å². The first kappa shape index (κ1) is 13.0. The molecule has 0 spiro atoms. The third kappa shape index (κ3) is 3.82. The fourth-order valence-corrected chi connectivity index (χ4v) is 2.07. The van der Waals surface area contributed by atoms with Gasteiger partial charge in [-0.15, -0.1) is 0 Å². The molecule has 1 N–H and O–H groups in total. The number of nitriles is 1. The number of hydrogen-bond donors (Lipinski definition) is 1. The highest BCUT2D eigenvalue weighted by atomic mass is 16.2. The van der Waals surface area contributed by atoms with Crippen LogP contribution in [0.15, 0.2) is 0 Å². The topological polar surface area (TPSA) is 56.1 Å². The van der Waals surface area contributed by atoms with Crippen molar-refractivity contribution in [1.82, 2.24) is 10.2 Å². The molecule has 1 unspecified atom stereocenters. The molecule has 0 aliphatic carbocycles. The van der Waals surface area contributed by atoms with Crippen LogP contribution in [0.4, 0.5) is 0 Å². The Hall–Kier alpha value is -1.08. The number of likely N-dealkylation sites (N-methyl/N-ethyl adjacent to an activating group) is 1. The van der Waals surface area contributed by atoms with Crippen LogP contribution in [0.1, 0.15) is 39.0 Å². The molecule has 0 saturated carbocycles. The molecule has 0 aromatic rings. The second kappa shape index (κ2) is 7.24. The van der Waals surface area contributed by atoms with Crippen LogP contribution in [0.25, 0.3) is 0 Å². The van der Waals surface area contributed by atoms with E-state index < -0.39 is 0 Å². The number of nitrogens with one attached hydrogen (secondary N) is 1. The number of hydrogen-bond acceptors (Lipinski definition) is 3. The monoisotopic (exact) mass is 223 g/mol. The van der Waals surface area contributed by atoms with E-state index in [1.165, 1.54) is 6.42 Å². The van der Waals surface area contributed by atoms with Gasteiger partial charge in [0.05, 0.1) is 18.5 Å². The van der Waals surface area contributed by atoms with E-state index in [0.29, 0.717) is 19.5 Å². The van der Waals surface area contributed by atoms with Crippen LogP contribution in [0, 0.1) is 11.3 Å². The summed E-state index contributed by atoms with van der Waals surface area (Å²) in [6.07, 6.45) is 4.85. The lowest BCUT2D eigenvalue weighted by Gasteiger charge is -2.25. The highest BCUT2D eigenvalue weighted by Gasteiger charge is 2.23. The summed E-state index contributed by atoms with van der Waals surface area (Å²) in [4.78, 5) is 13.9. The third-order valence-electron chi connectivity index (χ3n) is 3.05. The highest BCUT2D eigenvalue weighted by Crippen LogP contribution is 2.11. The number of amides is 1. The van der Waals surface area contributed by atoms with E-state index in [2.05, 4.69) is 11.4 Å². The van der Waals surface area contributed by atoms with Crippen molar-refractivity contribution in [3.05, 3.63) is 0 Å². The van der Waals surface area contributed by atoms with Gasteiger partial charge in [-0.25, -0.2) is 0 Å². The van der Waals surface area contributed by atoms with Gasteiger partial charge in [0, 0.05) is 13.1 Å². The van der Waals surface area contributed by atoms with Crippen molar-refractivity contribution in [3.63, 3.8) is 0 Å².